The zero-order valence-corrected chi connectivity index (χ0v) is 10.7. The summed E-state index contributed by atoms with van der Waals surface area (Å²) in [4.78, 5) is 0. The highest BCUT2D eigenvalue weighted by atomic mass is 19.1. The molecular formula is C16H21F. The van der Waals surface area contributed by atoms with E-state index < -0.39 is 0 Å². The number of hydrogen-bond acceptors (Lipinski definition) is 0. The molecule has 1 aromatic rings. The minimum atomic E-state index is -0.106. The molecule has 17 heavy (non-hydrogen) atoms. The second-order valence-electron chi connectivity index (χ2n) is 5.41. The standard InChI is InChI=1S/C16H21F/c1-12(2)14-9-7-13(8-10-14)11-15-5-3-4-6-16(15)17/h3-6,11-12,14H,7-10H2,1-2H3. The molecule has 0 nitrogen and oxygen atoms in total. The van der Waals surface area contributed by atoms with Crippen LogP contribution in [0.25, 0.3) is 6.08 Å². The molecule has 1 aromatic carbocycles. The molecule has 0 heterocycles. The van der Waals surface area contributed by atoms with E-state index in [2.05, 4.69) is 13.8 Å². The van der Waals surface area contributed by atoms with Gasteiger partial charge in [0.2, 0.25) is 0 Å². The van der Waals surface area contributed by atoms with Gasteiger partial charge in [0, 0.05) is 5.56 Å². The van der Waals surface area contributed by atoms with Gasteiger partial charge in [-0.2, -0.15) is 0 Å². The lowest BCUT2D eigenvalue weighted by atomic mass is 9.79. The monoisotopic (exact) mass is 232 g/mol. The molecule has 1 aliphatic carbocycles. The van der Waals surface area contributed by atoms with E-state index in [0.29, 0.717) is 0 Å². The van der Waals surface area contributed by atoms with Crippen molar-refractivity contribution in [1.29, 1.82) is 0 Å². The van der Waals surface area contributed by atoms with Gasteiger partial charge < -0.3 is 0 Å². The lowest BCUT2D eigenvalue weighted by molar-refractivity contribution is 0.312. The van der Waals surface area contributed by atoms with Gasteiger partial charge in [0.05, 0.1) is 0 Å². The fraction of sp³-hybridized carbons (Fsp3) is 0.500. The SMILES string of the molecule is CC(C)C1CCC(=Cc2ccccc2F)CC1. The molecule has 0 N–H and O–H groups in total. The zero-order valence-electron chi connectivity index (χ0n) is 10.7. The topological polar surface area (TPSA) is 0 Å². The second-order valence-corrected chi connectivity index (χ2v) is 5.41. The van der Waals surface area contributed by atoms with E-state index in [1.807, 2.05) is 18.2 Å². The van der Waals surface area contributed by atoms with Crippen LogP contribution in [-0.4, -0.2) is 0 Å². The average Bonchev–Trinajstić information content (AvgIpc) is 2.33. The summed E-state index contributed by atoms with van der Waals surface area (Å²) in [5, 5.41) is 0. The van der Waals surface area contributed by atoms with Crippen molar-refractivity contribution in [2.24, 2.45) is 11.8 Å². The van der Waals surface area contributed by atoms with Gasteiger partial charge in [-0.05, 0) is 43.6 Å². The van der Waals surface area contributed by atoms with Crippen molar-refractivity contribution in [3.63, 3.8) is 0 Å². The van der Waals surface area contributed by atoms with Gasteiger partial charge >= 0.3 is 0 Å². The van der Waals surface area contributed by atoms with E-state index in [-0.39, 0.29) is 5.82 Å². The summed E-state index contributed by atoms with van der Waals surface area (Å²) in [5.74, 6) is 1.53. The number of hydrogen-bond donors (Lipinski definition) is 0. The molecule has 0 aliphatic heterocycles. The largest absolute Gasteiger partial charge is 0.206 e. The van der Waals surface area contributed by atoms with E-state index in [9.17, 15) is 4.39 Å². The molecule has 0 radical (unpaired) electrons. The van der Waals surface area contributed by atoms with Crippen molar-refractivity contribution in [1.82, 2.24) is 0 Å². The highest BCUT2D eigenvalue weighted by Gasteiger charge is 2.19. The highest BCUT2D eigenvalue weighted by molar-refractivity contribution is 5.53. The summed E-state index contributed by atoms with van der Waals surface area (Å²) in [6.45, 7) is 4.60. The van der Waals surface area contributed by atoms with Crippen LogP contribution in [0.4, 0.5) is 4.39 Å². The summed E-state index contributed by atoms with van der Waals surface area (Å²) in [5.41, 5.74) is 2.15. The molecular weight excluding hydrogens is 211 g/mol. The molecule has 2 rings (SSSR count). The maximum atomic E-state index is 13.5. The van der Waals surface area contributed by atoms with Gasteiger partial charge in [0.1, 0.15) is 5.82 Å². The van der Waals surface area contributed by atoms with Gasteiger partial charge in [-0.1, -0.05) is 43.7 Å². The van der Waals surface area contributed by atoms with Crippen LogP contribution in [-0.2, 0) is 0 Å². The Morgan fingerprint density at radius 3 is 2.41 bits per heavy atom. The predicted molar refractivity (Wildman–Crippen MR) is 71.2 cm³/mol. The third kappa shape index (κ3) is 3.18. The molecule has 92 valence electrons. The first-order chi connectivity index (χ1) is 8.16. The van der Waals surface area contributed by atoms with Gasteiger partial charge in [0.15, 0.2) is 0 Å². The van der Waals surface area contributed by atoms with Gasteiger partial charge in [-0.25, -0.2) is 4.39 Å². The number of rotatable bonds is 2. The molecule has 1 saturated carbocycles. The molecule has 0 spiro atoms. The fourth-order valence-corrected chi connectivity index (χ4v) is 2.63. The lowest BCUT2D eigenvalue weighted by Gasteiger charge is -2.27. The normalized spacial score (nSPS) is 20.7. The molecule has 0 aromatic heterocycles. The second kappa shape index (κ2) is 5.48. The Hall–Kier alpha value is -1.11. The minimum Gasteiger partial charge on any atom is -0.206 e. The summed E-state index contributed by atoms with van der Waals surface area (Å²) in [6, 6.07) is 7.03. The van der Waals surface area contributed by atoms with Crippen molar-refractivity contribution in [3.8, 4) is 0 Å². The van der Waals surface area contributed by atoms with Crippen LogP contribution in [0, 0.1) is 17.7 Å². The highest BCUT2D eigenvalue weighted by Crippen LogP contribution is 2.33. The van der Waals surface area contributed by atoms with Crippen molar-refractivity contribution in [2.45, 2.75) is 39.5 Å². The van der Waals surface area contributed by atoms with Crippen LogP contribution in [0.1, 0.15) is 45.1 Å². The van der Waals surface area contributed by atoms with E-state index in [4.69, 9.17) is 0 Å². The first-order valence-electron chi connectivity index (χ1n) is 6.61. The summed E-state index contributed by atoms with van der Waals surface area (Å²) >= 11 is 0. The summed E-state index contributed by atoms with van der Waals surface area (Å²) in [7, 11) is 0. The zero-order chi connectivity index (χ0) is 12.3. The van der Waals surface area contributed by atoms with Crippen LogP contribution in [0.5, 0.6) is 0 Å². The van der Waals surface area contributed by atoms with Gasteiger partial charge in [-0.15, -0.1) is 0 Å². The predicted octanol–water partition coefficient (Wildman–Crippen LogP) is 5.06. The van der Waals surface area contributed by atoms with Gasteiger partial charge in [0.25, 0.3) is 0 Å². The first kappa shape index (κ1) is 12.3. The van der Waals surface area contributed by atoms with Crippen LogP contribution in [0.2, 0.25) is 0 Å². The summed E-state index contributed by atoms with van der Waals surface area (Å²) < 4.78 is 13.5. The lowest BCUT2D eigenvalue weighted by Crippen LogP contribution is -2.13. The van der Waals surface area contributed by atoms with E-state index in [0.717, 1.165) is 30.2 Å². The molecule has 1 aliphatic rings. The fourth-order valence-electron chi connectivity index (χ4n) is 2.63. The minimum absolute atomic E-state index is 0.106. The third-order valence-electron chi connectivity index (χ3n) is 3.88. The quantitative estimate of drug-likeness (QED) is 0.669. The van der Waals surface area contributed by atoms with Crippen molar-refractivity contribution in [3.05, 3.63) is 41.2 Å². The number of halogens is 1. The molecule has 0 unspecified atom stereocenters. The molecule has 0 bridgehead atoms. The van der Waals surface area contributed by atoms with E-state index in [1.54, 1.807) is 6.07 Å². The smallest absolute Gasteiger partial charge is 0.130 e. The Labute approximate surface area is 104 Å². The Balaban J connectivity index is 2.04. The molecule has 0 amide bonds. The third-order valence-corrected chi connectivity index (χ3v) is 3.88. The van der Waals surface area contributed by atoms with Crippen LogP contribution < -0.4 is 0 Å². The van der Waals surface area contributed by atoms with E-state index in [1.165, 1.54) is 24.5 Å². The molecule has 0 atom stereocenters. The Kier molecular flexibility index (Phi) is 3.98. The van der Waals surface area contributed by atoms with Crippen LogP contribution in [0.15, 0.2) is 29.8 Å². The van der Waals surface area contributed by atoms with E-state index >= 15 is 0 Å². The molecule has 1 fully saturated rings. The Bertz CT molecular complexity index is 394. The van der Waals surface area contributed by atoms with Crippen molar-refractivity contribution < 1.29 is 4.39 Å². The molecule has 0 saturated heterocycles. The van der Waals surface area contributed by atoms with Crippen molar-refractivity contribution in [2.75, 3.05) is 0 Å². The maximum absolute atomic E-state index is 13.5. The van der Waals surface area contributed by atoms with Crippen LogP contribution in [0.3, 0.4) is 0 Å². The van der Waals surface area contributed by atoms with Crippen LogP contribution >= 0.6 is 0 Å². The Morgan fingerprint density at radius 2 is 1.82 bits per heavy atom. The maximum Gasteiger partial charge on any atom is 0.130 e. The summed E-state index contributed by atoms with van der Waals surface area (Å²) in [6.07, 6.45) is 6.84. The number of allylic oxidation sites excluding steroid dienone is 1. The first-order valence-corrected chi connectivity index (χ1v) is 6.61. The van der Waals surface area contributed by atoms with Gasteiger partial charge in [-0.3, -0.25) is 0 Å². The average molecular weight is 232 g/mol. The Morgan fingerprint density at radius 1 is 1.18 bits per heavy atom. The van der Waals surface area contributed by atoms with Crippen molar-refractivity contribution >= 4 is 6.08 Å². The number of benzene rings is 1. The molecule has 1 heteroatoms.